The monoisotopic (exact) mass is 419 g/mol. The first-order valence-corrected chi connectivity index (χ1v) is 11.1. The Balaban J connectivity index is 1.61. The third-order valence-electron chi connectivity index (χ3n) is 3.61. The Bertz CT molecular complexity index is 1090. The van der Waals surface area contributed by atoms with Gasteiger partial charge in [-0.15, -0.1) is 0 Å². The molecule has 0 bridgehead atoms. The molecule has 0 radical (unpaired) electrons. The summed E-state index contributed by atoms with van der Waals surface area (Å²) >= 11 is 1.30. The maximum absolute atomic E-state index is 12.3. The van der Waals surface area contributed by atoms with E-state index in [1.54, 1.807) is 24.3 Å². The van der Waals surface area contributed by atoms with Crippen LogP contribution >= 0.6 is 11.3 Å². The van der Waals surface area contributed by atoms with Crippen molar-refractivity contribution in [3.63, 3.8) is 0 Å². The van der Waals surface area contributed by atoms with Gasteiger partial charge in [-0.1, -0.05) is 17.4 Å². The summed E-state index contributed by atoms with van der Waals surface area (Å²) in [6, 6.07) is 12.3. The Hall–Kier alpha value is -2.65. The third kappa shape index (κ3) is 5.43. The van der Waals surface area contributed by atoms with Crippen LogP contribution in [0.3, 0.4) is 0 Å². The van der Waals surface area contributed by atoms with Crippen LogP contribution in [0, 0.1) is 6.92 Å². The number of nitrogens with one attached hydrogen (secondary N) is 2. The fourth-order valence-corrected chi connectivity index (χ4v) is 4.47. The highest BCUT2D eigenvalue weighted by Gasteiger charge is 2.18. The van der Waals surface area contributed by atoms with Crippen molar-refractivity contribution in [3.8, 4) is 5.75 Å². The van der Waals surface area contributed by atoms with E-state index in [1.165, 1.54) is 11.3 Å². The maximum atomic E-state index is 12.3. The minimum absolute atomic E-state index is 0.0256. The van der Waals surface area contributed by atoms with Gasteiger partial charge in [-0.25, -0.2) is 13.4 Å². The van der Waals surface area contributed by atoms with Gasteiger partial charge >= 0.3 is 0 Å². The van der Waals surface area contributed by atoms with Crippen LogP contribution < -0.4 is 14.8 Å². The molecule has 1 aromatic heterocycles. The molecule has 0 saturated heterocycles. The predicted molar refractivity (Wildman–Crippen MR) is 113 cm³/mol. The van der Waals surface area contributed by atoms with Crippen LogP contribution in [0.4, 0.5) is 10.8 Å². The second-order valence-electron chi connectivity index (χ2n) is 6.59. The highest BCUT2D eigenvalue weighted by atomic mass is 32.2. The van der Waals surface area contributed by atoms with Crippen molar-refractivity contribution in [2.24, 2.45) is 0 Å². The Morgan fingerprint density at radius 2 is 1.89 bits per heavy atom. The molecule has 0 spiro atoms. The molecule has 0 aliphatic carbocycles. The lowest BCUT2D eigenvalue weighted by Gasteiger charge is -2.11. The van der Waals surface area contributed by atoms with Gasteiger partial charge in [0.25, 0.3) is 0 Å². The molecule has 0 unspecified atom stereocenters. The lowest BCUT2D eigenvalue weighted by molar-refractivity contribution is -0.113. The van der Waals surface area contributed by atoms with Gasteiger partial charge in [-0.05, 0) is 62.7 Å². The number of aryl methyl sites for hydroxylation is 1. The Morgan fingerprint density at radius 3 is 2.57 bits per heavy atom. The average Bonchev–Trinajstić information content (AvgIpc) is 2.96. The summed E-state index contributed by atoms with van der Waals surface area (Å²) in [6.45, 7) is 5.78. The summed E-state index contributed by atoms with van der Waals surface area (Å²) in [5.41, 5.74) is 2.21. The molecule has 0 aliphatic rings. The Morgan fingerprint density at radius 1 is 1.18 bits per heavy atom. The van der Waals surface area contributed by atoms with E-state index in [1.807, 2.05) is 39.0 Å². The topological polar surface area (TPSA) is 97.4 Å². The Labute approximate surface area is 167 Å². The van der Waals surface area contributed by atoms with E-state index in [9.17, 15) is 13.2 Å². The van der Waals surface area contributed by atoms with E-state index in [4.69, 9.17) is 4.74 Å². The summed E-state index contributed by atoms with van der Waals surface area (Å²) in [6.07, 6.45) is 0.0256. The number of benzene rings is 2. The van der Waals surface area contributed by atoms with Gasteiger partial charge in [0.15, 0.2) is 5.13 Å². The summed E-state index contributed by atoms with van der Waals surface area (Å²) in [5, 5.41) is 2.92. The van der Waals surface area contributed by atoms with Gasteiger partial charge in [0.2, 0.25) is 15.9 Å². The summed E-state index contributed by atoms with van der Waals surface area (Å²) in [4.78, 5) is 16.5. The standard InChI is InChI=1S/C19H21N3O4S2/c1-12(2)26-15-7-5-14(6-8-15)22-28(24,25)11-18(23)21-19-20-16-9-4-13(3)10-17(16)27-19/h4-10,12,22H,11H2,1-3H3,(H,20,21,23). The van der Waals surface area contributed by atoms with Gasteiger partial charge in [0.1, 0.15) is 11.5 Å². The van der Waals surface area contributed by atoms with Gasteiger partial charge in [-0.3, -0.25) is 9.52 Å². The van der Waals surface area contributed by atoms with Crippen molar-refractivity contribution >= 4 is 48.3 Å². The van der Waals surface area contributed by atoms with E-state index in [-0.39, 0.29) is 6.10 Å². The molecule has 1 amide bonds. The first-order valence-electron chi connectivity index (χ1n) is 8.64. The van der Waals surface area contributed by atoms with E-state index < -0.39 is 21.7 Å². The molecular formula is C19H21N3O4S2. The molecule has 1 heterocycles. The first kappa shape index (κ1) is 20.1. The fourth-order valence-electron chi connectivity index (χ4n) is 2.50. The van der Waals surface area contributed by atoms with Crippen LogP contribution in [0.25, 0.3) is 10.2 Å². The van der Waals surface area contributed by atoms with Crippen molar-refractivity contribution in [2.75, 3.05) is 15.8 Å². The number of thiazole rings is 1. The predicted octanol–water partition coefficient (Wildman–Crippen LogP) is 3.77. The molecule has 3 aromatic rings. The molecule has 0 saturated carbocycles. The van der Waals surface area contributed by atoms with Gasteiger partial charge in [0.05, 0.1) is 16.3 Å². The smallest absolute Gasteiger partial charge is 0.243 e. The third-order valence-corrected chi connectivity index (χ3v) is 5.73. The number of ether oxygens (including phenoxy) is 1. The van der Waals surface area contributed by atoms with Crippen LogP contribution in [-0.4, -0.2) is 31.2 Å². The number of hydrogen-bond donors (Lipinski definition) is 2. The number of amides is 1. The highest BCUT2D eigenvalue weighted by molar-refractivity contribution is 7.93. The highest BCUT2D eigenvalue weighted by Crippen LogP contribution is 2.26. The number of sulfonamides is 1. The minimum atomic E-state index is -3.85. The average molecular weight is 420 g/mol. The maximum Gasteiger partial charge on any atom is 0.243 e. The number of fused-ring (bicyclic) bond motifs is 1. The molecule has 0 atom stereocenters. The SMILES string of the molecule is Cc1ccc2nc(NC(=O)CS(=O)(=O)Nc3ccc(OC(C)C)cc3)sc2c1. The molecule has 3 rings (SSSR count). The molecule has 28 heavy (non-hydrogen) atoms. The number of rotatable bonds is 7. The summed E-state index contributed by atoms with van der Waals surface area (Å²) in [5.74, 6) is -0.712. The lowest BCUT2D eigenvalue weighted by Crippen LogP contribution is -2.27. The molecule has 9 heteroatoms. The zero-order chi connectivity index (χ0) is 20.3. The molecule has 148 valence electrons. The molecule has 2 N–H and O–H groups in total. The first-order chi connectivity index (χ1) is 13.2. The van der Waals surface area contributed by atoms with Crippen LogP contribution in [0.2, 0.25) is 0 Å². The van der Waals surface area contributed by atoms with Crippen molar-refractivity contribution < 1.29 is 17.9 Å². The van der Waals surface area contributed by atoms with E-state index in [0.717, 1.165) is 15.8 Å². The quantitative estimate of drug-likeness (QED) is 0.607. The van der Waals surface area contributed by atoms with Gasteiger partial charge in [0, 0.05) is 5.69 Å². The number of hydrogen-bond acceptors (Lipinski definition) is 6. The molecule has 7 nitrogen and oxygen atoms in total. The number of aromatic nitrogens is 1. The van der Waals surface area contributed by atoms with Crippen LogP contribution in [0.5, 0.6) is 5.75 Å². The van der Waals surface area contributed by atoms with Crippen molar-refractivity contribution in [2.45, 2.75) is 26.9 Å². The number of carbonyl (C=O) groups is 1. The lowest BCUT2D eigenvalue weighted by atomic mass is 10.2. The largest absolute Gasteiger partial charge is 0.491 e. The van der Waals surface area contributed by atoms with E-state index in [0.29, 0.717) is 16.6 Å². The Kier molecular flexibility index (Phi) is 5.85. The summed E-state index contributed by atoms with van der Waals surface area (Å²) < 4.78 is 33.4. The number of anilines is 2. The number of nitrogens with zero attached hydrogens (tertiary/aromatic N) is 1. The normalized spacial score (nSPS) is 11.6. The molecule has 0 aliphatic heterocycles. The zero-order valence-electron chi connectivity index (χ0n) is 15.7. The number of carbonyl (C=O) groups excluding carboxylic acids is 1. The van der Waals surface area contributed by atoms with Crippen LogP contribution in [0.1, 0.15) is 19.4 Å². The van der Waals surface area contributed by atoms with Crippen molar-refractivity contribution in [1.29, 1.82) is 0 Å². The van der Waals surface area contributed by atoms with E-state index >= 15 is 0 Å². The van der Waals surface area contributed by atoms with Crippen molar-refractivity contribution in [1.82, 2.24) is 4.98 Å². The summed E-state index contributed by atoms with van der Waals surface area (Å²) in [7, 11) is -3.85. The zero-order valence-corrected chi connectivity index (χ0v) is 17.4. The molecular weight excluding hydrogens is 398 g/mol. The fraction of sp³-hybridized carbons (Fsp3) is 0.263. The molecule has 0 fully saturated rings. The van der Waals surface area contributed by atoms with E-state index in [2.05, 4.69) is 15.0 Å². The van der Waals surface area contributed by atoms with Crippen LogP contribution in [0.15, 0.2) is 42.5 Å². The van der Waals surface area contributed by atoms with Gasteiger partial charge in [-0.2, -0.15) is 0 Å². The van der Waals surface area contributed by atoms with Gasteiger partial charge < -0.3 is 10.1 Å². The minimum Gasteiger partial charge on any atom is -0.491 e. The van der Waals surface area contributed by atoms with Crippen LogP contribution in [-0.2, 0) is 14.8 Å². The second-order valence-corrected chi connectivity index (χ2v) is 9.34. The van der Waals surface area contributed by atoms with Crippen molar-refractivity contribution in [3.05, 3.63) is 48.0 Å². The molecule has 2 aromatic carbocycles. The second kappa shape index (κ2) is 8.15.